The Labute approximate surface area is 126 Å². The van der Waals surface area contributed by atoms with Crippen molar-refractivity contribution < 1.29 is 4.39 Å². The third-order valence-electron chi connectivity index (χ3n) is 3.62. The van der Waals surface area contributed by atoms with Crippen molar-refractivity contribution in [2.24, 2.45) is 10.1 Å². The van der Waals surface area contributed by atoms with Gasteiger partial charge in [0.1, 0.15) is 5.82 Å². The Morgan fingerprint density at radius 1 is 0.955 bits per heavy atom. The van der Waals surface area contributed by atoms with E-state index >= 15 is 0 Å². The largest absolute Gasteiger partial charge is 0.261 e. The quantitative estimate of drug-likeness (QED) is 0.562. The van der Waals surface area contributed by atoms with Gasteiger partial charge in [-0.1, -0.05) is 42.5 Å². The summed E-state index contributed by atoms with van der Waals surface area (Å²) in [4.78, 5) is 4.57. The van der Waals surface area contributed by atoms with Gasteiger partial charge in [-0.05, 0) is 29.1 Å². The summed E-state index contributed by atoms with van der Waals surface area (Å²) in [5.74, 6) is 0.470. The van der Waals surface area contributed by atoms with Crippen LogP contribution in [-0.2, 0) is 0 Å². The molecule has 4 heteroatoms. The number of rotatable bonds is 2. The SMILES string of the molecule is Fc1ccc(/C=N\NC2=Nc3cccc4cccc2c34)cc1. The summed E-state index contributed by atoms with van der Waals surface area (Å²) in [6.07, 6.45) is 1.64. The molecule has 0 aromatic heterocycles. The molecule has 3 nitrogen and oxygen atoms in total. The second-order valence-electron chi connectivity index (χ2n) is 5.06. The van der Waals surface area contributed by atoms with E-state index in [4.69, 9.17) is 0 Å². The monoisotopic (exact) mass is 289 g/mol. The summed E-state index contributed by atoms with van der Waals surface area (Å²) < 4.78 is 12.9. The zero-order valence-corrected chi connectivity index (χ0v) is 11.6. The Hall–Kier alpha value is -3.01. The predicted octanol–water partition coefficient (Wildman–Crippen LogP) is 3.99. The molecule has 0 spiro atoms. The Bertz CT molecular complexity index is 906. The molecule has 1 aliphatic heterocycles. The standard InChI is InChI=1S/C18H12FN3/c19-14-9-7-12(8-10-14)11-20-22-18-15-5-1-3-13-4-2-6-16(21-18)17(13)15/h1-11H,(H,21,22)/b20-11-. The second-order valence-corrected chi connectivity index (χ2v) is 5.06. The second kappa shape index (κ2) is 5.07. The maximum Gasteiger partial charge on any atom is 0.154 e. The lowest BCUT2D eigenvalue weighted by Gasteiger charge is -2.02. The van der Waals surface area contributed by atoms with Crippen molar-refractivity contribution in [1.82, 2.24) is 5.43 Å². The van der Waals surface area contributed by atoms with Crippen LogP contribution in [0.3, 0.4) is 0 Å². The lowest BCUT2D eigenvalue weighted by atomic mass is 10.0. The van der Waals surface area contributed by atoms with Crippen LogP contribution in [0.15, 0.2) is 70.8 Å². The number of hydrogen-bond acceptors (Lipinski definition) is 3. The minimum atomic E-state index is -0.257. The smallest absolute Gasteiger partial charge is 0.154 e. The molecule has 1 heterocycles. The first kappa shape index (κ1) is 12.7. The first-order valence-corrected chi connectivity index (χ1v) is 6.97. The van der Waals surface area contributed by atoms with Crippen LogP contribution in [0, 0.1) is 5.82 Å². The molecular weight excluding hydrogens is 277 g/mol. The summed E-state index contributed by atoms with van der Waals surface area (Å²) in [5, 5.41) is 6.50. The van der Waals surface area contributed by atoms with E-state index < -0.39 is 0 Å². The van der Waals surface area contributed by atoms with Crippen LogP contribution in [-0.4, -0.2) is 12.1 Å². The molecule has 3 aromatic carbocycles. The third kappa shape index (κ3) is 2.15. The normalized spacial score (nSPS) is 12.9. The number of aliphatic imine (C=N–C) groups is 1. The van der Waals surface area contributed by atoms with E-state index in [1.165, 1.54) is 12.1 Å². The van der Waals surface area contributed by atoms with Crippen molar-refractivity contribution in [2.75, 3.05) is 0 Å². The molecule has 1 N–H and O–H groups in total. The Kier molecular flexibility index (Phi) is 2.93. The van der Waals surface area contributed by atoms with Crippen molar-refractivity contribution in [3.05, 3.63) is 77.6 Å². The lowest BCUT2D eigenvalue weighted by molar-refractivity contribution is 0.628. The van der Waals surface area contributed by atoms with E-state index in [0.717, 1.165) is 33.4 Å². The summed E-state index contributed by atoms with van der Waals surface area (Å²) >= 11 is 0. The molecule has 0 saturated heterocycles. The van der Waals surface area contributed by atoms with Crippen LogP contribution in [0.1, 0.15) is 11.1 Å². The summed E-state index contributed by atoms with van der Waals surface area (Å²) in [6, 6.07) is 18.3. The molecule has 0 radical (unpaired) electrons. The highest BCUT2D eigenvalue weighted by Crippen LogP contribution is 2.34. The summed E-state index contributed by atoms with van der Waals surface area (Å²) in [6.45, 7) is 0. The van der Waals surface area contributed by atoms with Gasteiger partial charge in [-0.25, -0.2) is 9.38 Å². The number of amidine groups is 1. The number of halogens is 1. The molecule has 106 valence electrons. The van der Waals surface area contributed by atoms with Crippen molar-refractivity contribution in [3.63, 3.8) is 0 Å². The van der Waals surface area contributed by atoms with Gasteiger partial charge in [0.25, 0.3) is 0 Å². The van der Waals surface area contributed by atoms with Gasteiger partial charge in [-0.15, -0.1) is 0 Å². The Balaban J connectivity index is 1.61. The van der Waals surface area contributed by atoms with Crippen LogP contribution >= 0.6 is 0 Å². The number of nitrogens with zero attached hydrogens (tertiary/aromatic N) is 2. The zero-order chi connectivity index (χ0) is 14.9. The van der Waals surface area contributed by atoms with Crippen molar-refractivity contribution >= 4 is 28.5 Å². The Morgan fingerprint density at radius 2 is 1.73 bits per heavy atom. The maximum atomic E-state index is 12.9. The summed E-state index contributed by atoms with van der Waals surface area (Å²) in [7, 11) is 0. The van der Waals surface area contributed by atoms with Crippen LogP contribution < -0.4 is 5.43 Å². The molecule has 0 atom stereocenters. The van der Waals surface area contributed by atoms with Crippen LogP contribution in [0.4, 0.5) is 10.1 Å². The van der Waals surface area contributed by atoms with Crippen LogP contribution in [0.25, 0.3) is 10.8 Å². The van der Waals surface area contributed by atoms with Crippen molar-refractivity contribution in [1.29, 1.82) is 0 Å². The molecule has 0 bridgehead atoms. The van der Waals surface area contributed by atoms with Gasteiger partial charge in [0.2, 0.25) is 0 Å². The van der Waals surface area contributed by atoms with E-state index in [-0.39, 0.29) is 5.82 Å². The topological polar surface area (TPSA) is 36.8 Å². The predicted molar refractivity (Wildman–Crippen MR) is 87.3 cm³/mol. The fourth-order valence-corrected chi connectivity index (χ4v) is 2.59. The molecule has 22 heavy (non-hydrogen) atoms. The van der Waals surface area contributed by atoms with Gasteiger partial charge >= 0.3 is 0 Å². The molecular formula is C18H12FN3. The highest BCUT2D eigenvalue weighted by atomic mass is 19.1. The average Bonchev–Trinajstić information content (AvgIpc) is 2.90. The Morgan fingerprint density at radius 3 is 2.55 bits per heavy atom. The number of nitrogens with one attached hydrogen (secondary N) is 1. The zero-order valence-electron chi connectivity index (χ0n) is 11.6. The molecule has 0 saturated carbocycles. The van der Waals surface area contributed by atoms with Crippen LogP contribution in [0.2, 0.25) is 0 Å². The van der Waals surface area contributed by atoms with E-state index in [0.29, 0.717) is 0 Å². The minimum absolute atomic E-state index is 0.257. The maximum absolute atomic E-state index is 12.9. The lowest BCUT2D eigenvalue weighted by Crippen LogP contribution is -2.17. The van der Waals surface area contributed by atoms with Gasteiger partial charge in [-0.3, -0.25) is 5.43 Å². The molecule has 3 aromatic rings. The fourth-order valence-electron chi connectivity index (χ4n) is 2.59. The van der Waals surface area contributed by atoms with Gasteiger partial charge in [0, 0.05) is 10.9 Å². The van der Waals surface area contributed by atoms with Gasteiger partial charge in [0.05, 0.1) is 11.9 Å². The number of hydrogen-bond donors (Lipinski definition) is 1. The van der Waals surface area contributed by atoms with Crippen LogP contribution in [0.5, 0.6) is 0 Å². The summed E-state index contributed by atoms with van der Waals surface area (Å²) in [5.41, 5.74) is 5.80. The number of benzene rings is 3. The van der Waals surface area contributed by atoms with Crippen molar-refractivity contribution in [3.8, 4) is 0 Å². The van der Waals surface area contributed by atoms with E-state index in [2.05, 4.69) is 27.7 Å². The third-order valence-corrected chi connectivity index (χ3v) is 3.62. The van der Waals surface area contributed by atoms with Gasteiger partial charge < -0.3 is 0 Å². The van der Waals surface area contributed by atoms with Gasteiger partial charge in [-0.2, -0.15) is 5.10 Å². The fraction of sp³-hybridized carbons (Fsp3) is 0. The van der Waals surface area contributed by atoms with Gasteiger partial charge in [0.15, 0.2) is 5.84 Å². The van der Waals surface area contributed by atoms with Crippen molar-refractivity contribution in [2.45, 2.75) is 0 Å². The molecule has 0 aliphatic carbocycles. The molecule has 0 unspecified atom stereocenters. The molecule has 1 aliphatic rings. The minimum Gasteiger partial charge on any atom is -0.261 e. The first-order chi connectivity index (χ1) is 10.8. The first-order valence-electron chi connectivity index (χ1n) is 6.97. The van der Waals surface area contributed by atoms with E-state index in [9.17, 15) is 4.39 Å². The molecule has 4 rings (SSSR count). The molecule has 0 fully saturated rings. The average molecular weight is 289 g/mol. The van der Waals surface area contributed by atoms with E-state index in [1.807, 2.05) is 24.3 Å². The molecule has 0 amide bonds. The highest BCUT2D eigenvalue weighted by Gasteiger charge is 2.17. The highest BCUT2D eigenvalue weighted by molar-refractivity contribution is 6.18. The number of hydrazone groups is 1. The van der Waals surface area contributed by atoms with E-state index in [1.54, 1.807) is 18.3 Å².